The molecule has 0 bridgehead atoms. The van der Waals surface area contributed by atoms with E-state index in [0.717, 1.165) is 24.3 Å². The molecule has 42 nitrogen and oxygen atoms in total. The standard InChI is InChI=1S/C44H58N16O26P4S/c1-44(2,3)32(18-8-6-7-9-19(18)60(66)67)77-17-76-30-27(62)21(82-40(30)59-16-56(4)25-36(59)53-43(47)55-38(25)65)10-78-87(68,69)85-89(72,73)86-88(70,71)79-12-22-29(31(75-5)41(83-22)57-14-50-23-33(45)48-13-49-34(23)57)84-90(74,91)80-11-20-26(61)28(63)39(81-20)58-15-51-24-35(58)52-42(46)54-37(24)64/h6-9,13-16,20-22,26-32,39-41,61-63H,10-12,17H2,1-5H3,(H11-,45,46,47,48,49,52,53,54,55,64,65,68,69,70,71,72,73,74,91)/p+1/t20-,21-,22-,26+,27+,28?,29+,30?,31?,32?,39-,40-,41-,90?/m1/s1. The minimum atomic E-state index is -6.28. The van der Waals surface area contributed by atoms with Crippen molar-refractivity contribution < 1.29 is 113 Å². The number of phosphoric acid groups is 3. The molecular weight excluding hydrogens is 1320 g/mol. The molecule has 15 N–H and O–H groups in total. The number of H-pyrrole nitrogens is 2. The summed E-state index contributed by atoms with van der Waals surface area (Å²) in [6.45, 7) is -3.33. The Kier molecular flexibility index (Phi) is 19.3. The Bertz CT molecular complexity index is 4210. The molecule has 496 valence electrons. The molecule has 8 unspecified atom stereocenters. The van der Waals surface area contributed by atoms with Crippen molar-refractivity contribution in [1.29, 1.82) is 0 Å². The Hall–Kier alpha value is -6.15. The first-order valence-electron chi connectivity index (χ1n) is 26.4. The molecule has 47 heteroatoms. The van der Waals surface area contributed by atoms with Crippen molar-refractivity contribution in [2.45, 2.75) is 100 Å². The Morgan fingerprint density at radius 2 is 1.37 bits per heavy atom. The predicted molar refractivity (Wildman–Crippen MR) is 306 cm³/mol. The van der Waals surface area contributed by atoms with E-state index in [1.165, 1.54) is 51.6 Å². The highest BCUT2D eigenvalue weighted by Gasteiger charge is 2.54. The maximum absolute atomic E-state index is 13.5. The van der Waals surface area contributed by atoms with E-state index in [4.69, 9.17) is 75.5 Å². The number of nitrogen functional groups attached to an aromatic ring is 3. The van der Waals surface area contributed by atoms with E-state index in [2.05, 4.69) is 48.5 Å². The zero-order valence-corrected chi connectivity index (χ0v) is 52.1. The van der Waals surface area contributed by atoms with E-state index in [1.807, 2.05) is 0 Å². The van der Waals surface area contributed by atoms with Gasteiger partial charge in [-0.3, -0.25) is 56.9 Å². The number of phosphoric ester groups is 2. The van der Waals surface area contributed by atoms with Gasteiger partial charge in [0.15, 0.2) is 41.4 Å². The van der Waals surface area contributed by atoms with E-state index in [9.17, 15) is 68.3 Å². The fourth-order valence-electron chi connectivity index (χ4n) is 10.3. The van der Waals surface area contributed by atoms with Gasteiger partial charge in [-0.25, -0.2) is 38.2 Å². The summed E-state index contributed by atoms with van der Waals surface area (Å²) in [5.74, 6) is -0.706. The number of rotatable bonds is 25. The molecule has 91 heavy (non-hydrogen) atoms. The van der Waals surface area contributed by atoms with Crippen molar-refractivity contribution in [3.05, 3.63) is 86.0 Å². The molecule has 6 aromatic heterocycles. The molecule has 0 spiro atoms. The number of aliphatic hydroxyl groups excluding tert-OH is 3. The third kappa shape index (κ3) is 14.4. The summed E-state index contributed by atoms with van der Waals surface area (Å²) < 4.78 is 111. The number of aliphatic hydroxyl groups is 3. The molecule has 3 aliphatic heterocycles. The van der Waals surface area contributed by atoms with Crippen LogP contribution in [0.15, 0.2) is 59.2 Å². The van der Waals surface area contributed by atoms with Gasteiger partial charge in [0.2, 0.25) is 17.7 Å². The van der Waals surface area contributed by atoms with Crippen LogP contribution in [0.2, 0.25) is 0 Å². The van der Waals surface area contributed by atoms with Gasteiger partial charge in [-0.2, -0.15) is 13.6 Å². The van der Waals surface area contributed by atoms with E-state index in [-0.39, 0.29) is 62.5 Å². The number of methoxy groups -OCH3 is 1. The molecule has 17 atom stereocenters. The smallest absolute Gasteiger partial charge is 0.387 e. The second-order valence-corrected chi connectivity index (χ2v) is 28.9. The zero-order chi connectivity index (χ0) is 66.0. The highest BCUT2D eigenvalue weighted by Crippen LogP contribution is 2.68. The lowest BCUT2D eigenvalue weighted by atomic mass is 9.84. The molecule has 0 saturated carbocycles. The highest BCUT2D eigenvalue weighted by atomic mass is 32.5. The van der Waals surface area contributed by atoms with E-state index >= 15 is 0 Å². The predicted octanol–water partition coefficient (Wildman–Crippen LogP) is -0.900. The van der Waals surface area contributed by atoms with E-state index in [1.54, 1.807) is 26.8 Å². The van der Waals surface area contributed by atoms with Crippen molar-refractivity contribution in [1.82, 2.24) is 53.6 Å². The fraction of sp³-hybridized carbons (Fsp3) is 0.523. The third-order valence-corrected chi connectivity index (χ3v) is 20.0. The van der Waals surface area contributed by atoms with Crippen LogP contribution in [0.25, 0.3) is 33.5 Å². The second kappa shape index (κ2) is 26.0. The van der Waals surface area contributed by atoms with Crippen molar-refractivity contribution >= 4 is 98.9 Å². The van der Waals surface area contributed by atoms with Crippen LogP contribution in [-0.4, -0.2) is 182 Å². The minimum absolute atomic E-state index is 0.0415. The summed E-state index contributed by atoms with van der Waals surface area (Å²) in [5.41, 5.74) is 14.9. The molecule has 1 aromatic carbocycles. The Labute approximate surface area is 513 Å². The molecule has 0 amide bonds. The number of hydrogen-bond acceptors (Lipinski definition) is 32. The zero-order valence-electron chi connectivity index (χ0n) is 47.7. The second-order valence-electron chi connectivity index (χ2n) is 21.5. The first kappa shape index (κ1) is 67.7. The number of nitro groups is 1. The van der Waals surface area contributed by atoms with Gasteiger partial charge in [0.05, 0.1) is 56.1 Å². The molecule has 7 aromatic rings. The highest BCUT2D eigenvalue weighted by molar-refractivity contribution is 8.07. The lowest BCUT2D eigenvalue weighted by Crippen LogP contribution is -2.47. The van der Waals surface area contributed by atoms with E-state index < -0.39 is 158 Å². The number of benzene rings is 1. The van der Waals surface area contributed by atoms with Crippen LogP contribution < -0.4 is 32.9 Å². The lowest BCUT2D eigenvalue weighted by Gasteiger charge is -2.31. The van der Waals surface area contributed by atoms with Crippen molar-refractivity contribution in [2.75, 3.05) is 50.9 Å². The molecule has 3 fully saturated rings. The molecule has 0 aliphatic carbocycles. The van der Waals surface area contributed by atoms with Crippen LogP contribution in [0.1, 0.15) is 51.1 Å². The number of nitrogens with one attached hydrogen (secondary N) is 2. The number of aromatic nitrogens is 12. The average molecular weight is 1380 g/mol. The SMILES string of the molecule is COC1[C@@H](OP(O)(=S)OC[C@H]2O[C@@H](n3cnc4c(=O)[nH]c(N)nc43)C(O)[C@H]2O)[C@@H](COP(=O)(O)OP(=O)(O)OP(=O)(O)OC[C@H]2O[C@@H]([n+]3cn(C)c4c(=O)[nH]c(N)nc43)C(OCOC(c3ccccc3[N+](=O)[O-])C(C)(C)C)[C@H]2O)O[C@H]1n1cnc2c(N)ncnc21. The van der Waals surface area contributed by atoms with Crippen LogP contribution in [0, 0.1) is 15.5 Å². The quantitative estimate of drug-likeness (QED) is 0.0108. The molecule has 3 aliphatic rings. The van der Waals surface area contributed by atoms with Crippen molar-refractivity contribution in [2.24, 2.45) is 12.5 Å². The van der Waals surface area contributed by atoms with Crippen LogP contribution in [-0.2, 0) is 87.7 Å². The number of ether oxygens (including phenoxy) is 6. The third-order valence-electron chi connectivity index (χ3n) is 14.2. The Balaban J connectivity index is 0.817. The normalized spacial score (nSPS) is 27.7. The number of para-hydroxylation sites is 1. The largest absolute Gasteiger partial charge is 0.490 e. The number of nitro benzene ring substituents is 1. The first-order chi connectivity index (χ1) is 42.7. The van der Waals surface area contributed by atoms with Gasteiger partial charge in [0.1, 0.15) is 73.6 Å². The number of imidazole rings is 3. The monoisotopic (exact) mass is 1380 g/mol. The Morgan fingerprint density at radius 1 is 0.769 bits per heavy atom. The fourth-order valence-corrected chi connectivity index (χ4v) is 15.3. The number of aryl methyl sites for hydroxylation is 1. The van der Waals surface area contributed by atoms with Gasteiger partial charge >= 0.3 is 35.8 Å². The van der Waals surface area contributed by atoms with Gasteiger partial charge in [0.25, 0.3) is 22.8 Å². The number of fused-ring (bicyclic) bond motifs is 3. The molecule has 3 saturated heterocycles. The van der Waals surface area contributed by atoms with Gasteiger partial charge < -0.3 is 85.0 Å². The lowest BCUT2D eigenvalue weighted by molar-refractivity contribution is -0.746. The molecule has 0 radical (unpaired) electrons. The van der Waals surface area contributed by atoms with Crippen LogP contribution in [0.3, 0.4) is 0 Å². The average Bonchev–Trinajstić information content (AvgIpc) is 1.63. The van der Waals surface area contributed by atoms with Crippen LogP contribution in [0.5, 0.6) is 0 Å². The van der Waals surface area contributed by atoms with Gasteiger partial charge in [-0.1, -0.05) is 37.9 Å². The van der Waals surface area contributed by atoms with Crippen molar-refractivity contribution in [3.63, 3.8) is 0 Å². The maximum atomic E-state index is 13.5. The molecular formula is C44H59N16O26P4S+. The van der Waals surface area contributed by atoms with Crippen LogP contribution >= 0.6 is 30.2 Å². The molecule has 9 heterocycles. The Morgan fingerprint density at radius 3 is 2.04 bits per heavy atom. The summed E-state index contributed by atoms with van der Waals surface area (Å²) >= 11 is 5.32. The number of hydrogen-bond donors (Lipinski definition) is 12. The van der Waals surface area contributed by atoms with Gasteiger partial charge in [0, 0.05) is 13.2 Å². The van der Waals surface area contributed by atoms with Crippen molar-refractivity contribution in [3.8, 4) is 0 Å². The summed E-state index contributed by atoms with van der Waals surface area (Å²) in [5, 5.41) is 45.7. The summed E-state index contributed by atoms with van der Waals surface area (Å²) in [6, 6.07) is 5.81. The van der Waals surface area contributed by atoms with E-state index in [0.29, 0.717) is 0 Å². The van der Waals surface area contributed by atoms with Gasteiger partial charge in [-0.15, -0.1) is 0 Å². The number of nitrogens with two attached hydrogens (primary N) is 3. The first-order valence-corrected chi connectivity index (χ1v) is 33.5. The van der Waals surface area contributed by atoms with Gasteiger partial charge in [-0.05, 0) is 23.3 Å². The number of anilines is 3. The summed E-state index contributed by atoms with van der Waals surface area (Å²) in [6.07, 6.45) is -15.8. The minimum Gasteiger partial charge on any atom is -0.387 e. The topological polar surface area (TPSA) is 587 Å². The summed E-state index contributed by atoms with van der Waals surface area (Å²) in [7, 11) is -15.6. The van der Waals surface area contributed by atoms with Crippen LogP contribution in [0.4, 0.5) is 23.4 Å². The number of nitrogens with zero attached hydrogens (tertiary/aromatic N) is 11. The summed E-state index contributed by atoms with van der Waals surface area (Å²) in [4.78, 5) is 110. The molecule has 10 rings (SSSR count). The number of aromatic amines is 2. The maximum Gasteiger partial charge on any atom is 0.490 e.